The Morgan fingerprint density at radius 1 is 1.29 bits per heavy atom. The van der Waals surface area contributed by atoms with Crippen LogP contribution in [0.2, 0.25) is 0 Å². The van der Waals surface area contributed by atoms with E-state index in [2.05, 4.69) is 9.97 Å². The molecule has 0 aromatic carbocycles. The van der Waals surface area contributed by atoms with Crippen molar-refractivity contribution >= 4 is 0 Å². The maximum atomic E-state index is 9.95. The van der Waals surface area contributed by atoms with Crippen LogP contribution in [0.25, 0.3) is 0 Å². The zero-order chi connectivity index (χ0) is 10.6. The van der Waals surface area contributed by atoms with E-state index in [0.717, 1.165) is 0 Å². The fraction of sp³-hybridized carbons (Fsp3) is 0.600. The molecule has 14 heavy (non-hydrogen) atoms. The quantitative estimate of drug-likeness (QED) is 0.785. The van der Waals surface area contributed by atoms with Crippen molar-refractivity contribution in [2.45, 2.75) is 26.1 Å². The van der Waals surface area contributed by atoms with E-state index in [-0.39, 0.29) is 12.0 Å². The highest BCUT2D eigenvalue weighted by atomic mass is 16.5. The van der Waals surface area contributed by atoms with Crippen LogP contribution in [-0.4, -0.2) is 28.3 Å². The Balaban J connectivity index is 2.78. The Kier molecular flexibility index (Phi) is 3.98. The van der Waals surface area contributed by atoms with Gasteiger partial charge in [-0.3, -0.25) is 0 Å². The first kappa shape index (κ1) is 11.1. The topological polar surface area (TPSA) is 55.2 Å². The smallest absolute Gasteiger partial charge is 0.115 e. The summed E-state index contributed by atoms with van der Waals surface area (Å²) < 4.78 is 5.22. The molecule has 0 aliphatic carbocycles. The van der Waals surface area contributed by atoms with Gasteiger partial charge in [0, 0.05) is 25.1 Å². The van der Waals surface area contributed by atoms with Gasteiger partial charge in [-0.15, -0.1) is 0 Å². The molecule has 0 aliphatic heterocycles. The third-order valence-electron chi connectivity index (χ3n) is 2.16. The number of ether oxygens (including phenoxy) is 1. The summed E-state index contributed by atoms with van der Waals surface area (Å²) in [5.41, 5.74) is 0.688. The molecule has 0 saturated carbocycles. The Labute approximate surface area is 84.0 Å². The Morgan fingerprint density at radius 2 is 1.86 bits per heavy atom. The third kappa shape index (κ3) is 2.49. The average Bonchev–Trinajstić information content (AvgIpc) is 2.19. The van der Waals surface area contributed by atoms with Crippen molar-refractivity contribution in [3.63, 3.8) is 0 Å². The van der Waals surface area contributed by atoms with Crippen LogP contribution >= 0.6 is 0 Å². The molecule has 1 rings (SSSR count). The number of hydrogen-bond donors (Lipinski definition) is 1. The van der Waals surface area contributed by atoms with E-state index in [1.807, 2.05) is 13.8 Å². The molecule has 0 saturated heterocycles. The van der Waals surface area contributed by atoms with Crippen LogP contribution in [0.3, 0.4) is 0 Å². The molecule has 1 N–H and O–H groups in total. The summed E-state index contributed by atoms with van der Waals surface area (Å²) in [6.45, 7) is 4.00. The predicted octanol–water partition coefficient (Wildman–Crippen LogP) is 1.18. The normalized spacial score (nSPS) is 15.5. The average molecular weight is 196 g/mol. The molecule has 1 heterocycles. The lowest BCUT2D eigenvalue weighted by molar-refractivity contribution is -0.0393. The van der Waals surface area contributed by atoms with Gasteiger partial charge >= 0.3 is 0 Å². The van der Waals surface area contributed by atoms with Crippen molar-refractivity contribution < 1.29 is 9.84 Å². The molecule has 0 fully saturated rings. The molecule has 2 atom stereocenters. The summed E-state index contributed by atoms with van der Waals surface area (Å²) >= 11 is 0. The van der Waals surface area contributed by atoms with Crippen molar-refractivity contribution in [2.24, 2.45) is 5.92 Å². The Morgan fingerprint density at radius 3 is 2.29 bits per heavy atom. The Bertz CT molecular complexity index is 264. The predicted molar refractivity (Wildman–Crippen MR) is 52.6 cm³/mol. The standard InChI is InChI=1S/C10H16N2O2/c1-7(2)10(14-3)9(13)8-4-11-6-12-5-8/h4-7,9-10,13H,1-3H3. The molecular formula is C10H16N2O2. The van der Waals surface area contributed by atoms with Gasteiger partial charge in [0.25, 0.3) is 0 Å². The fourth-order valence-electron chi connectivity index (χ4n) is 1.42. The molecule has 0 spiro atoms. The summed E-state index contributed by atoms with van der Waals surface area (Å²) in [7, 11) is 1.59. The monoisotopic (exact) mass is 196 g/mol. The van der Waals surface area contributed by atoms with Gasteiger partial charge in [-0.25, -0.2) is 9.97 Å². The highest BCUT2D eigenvalue weighted by Gasteiger charge is 2.23. The summed E-state index contributed by atoms with van der Waals surface area (Å²) in [5, 5.41) is 9.95. The lowest BCUT2D eigenvalue weighted by Crippen LogP contribution is -2.26. The number of aliphatic hydroxyl groups excluding tert-OH is 1. The molecule has 0 amide bonds. The number of hydrogen-bond acceptors (Lipinski definition) is 4. The van der Waals surface area contributed by atoms with Crippen LogP contribution in [-0.2, 0) is 4.74 Å². The first-order chi connectivity index (χ1) is 6.66. The van der Waals surface area contributed by atoms with Gasteiger partial charge in [-0.1, -0.05) is 13.8 Å². The Hall–Kier alpha value is -1.00. The molecule has 0 aliphatic rings. The van der Waals surface area contributed by atoms with Crippen molar-refractivity contribution in [3.8, 4) is 0 Å². The third-order valence-corrected chi connectivity index (χ3v) is 2.16. The van der Waals surface area contributed by atoms with Gasteiger partial charge in [0.05, 0.1) is 6.10 Å². The molecule has 4 heteroatoms. The highest BCUT2D eigenvalue weighted by molar-refractivity contribution is 5.08. The van der Waals surface area contributed by atoms with E-state index >= 15 is 0 Å². The number of aromatic nitrogens is 2. The first-order valence-corrected chi connectivity index (χ1v) is 4.62. The summed E-state index contributed by atoms with van der Waals surface area (Å²) in [6, 6.07) is 0. The minimum Gasteiger partial charge on any atom is -0.386 e. The van der Waals surface area contributed by atoms with Gasteiger partial charge in [-0.05, 0) is 5.92 Å². The summed E-state index contributed by atoms with van der Waals surface area (Å²) in [6.07, 6.45) is 3.76. The van der Waals surface area contributed by atoms with Gasteiger partial charge < -0.3 is 9.84 Å². The van der Waals surface area contributed by atoms with Gasteiger partial charge in [0.1, 0.15) is 12.4 Å². The SMILES string of the molecule is COC(C(C)C)C(O)c1cncnc1. The maximum absolute atomic E-state index is 9.95. The second-order valence-corrected chi connectivity index (χ2v) is 3.56. The van der Waals surface area contributed by atoms with Crippen molar-refractivity contribution in [2.75, 3.05) is 7.11 Å². The lowest BCUT2D eigenvalue weighted by Gasteiger charge is -2.24. The molecule has 0 bridgehead atoms. The van der Waals surface area contributed by atoms with Crippen molar-refractivity contribution in [1.29, 1.82) is 0 Å². The van der Waals surface area contributed by atoms with E-state index in [4.69, 9.17) is 4.74 Å². The van der Waals surface area contributed by atoms with Crippen LogP contribution in [0.5, 0.6) is 0 Å². The number of nitrogens with zero attached hydrogens (tertiary/aromatic N) is 2. The van der Waals surface area contributed by atoms with Gasteiger partial charge in [-0.2, -0.15) is 0 Å². The second kappa shape index (κ2) is 5.02. The zero-order valence-electron chi connectivity index (χ0n) is 8.71. The lowest BCUT2D eigenvalue weighted by atomic mass is 9.98. The minimum absolute atomic E-state index is 0.221. The highest BCUT2D eigenvalue weighted by Crippen LogP contribution is 2.22. The van der Waals surface area contributed by atoms with Crippen molar-refractivity contribution in [1.82, 2.24) is 9.97 Å². The minimum atomic E-state index is -0.666. The van der Waals surface area contributed by atoms with E-state index in [0.29, 0.717) is 5.56 Å². The van der Waals surface area contributed by atoms with E-state index < -0.39 is 6.10 Å². The van der Waals surface area contributed by atoms with E-state index in [1.165, 1.54) is 6.33 Å². The van der Waals surface area contributed by atoms with E-state index in [9.17, 15) is 5.11 Å². The van der Waals surface area contributed by atoms with E-state index in [1.54, 1.807) is 19.5 Å². The number of methoxy groups -OCH3 is 1. The molecule has 78 valence electrons. The van der Waals surface area contributed by atoms with Crippen LogP contribution in [0.1, 0.15) is 25.5 Å². The van der Waals surface area contributed by atoms with Crippen LogP contribution in [0.15, 0.2) is 18.7 Å². The number of aliphatic hydroxyl groups is 1. The second-order valence-electron chi connectivity index (χ2n) is 3.56. The summed E-state index contributed by atoms with van der Waals surface area (Å²) in [4.78, 5) is 7.71. The molecule has 1 aromatic rings. The summed E-state index contributed by atoms with van der Waals surface area (Å²) in [5.74, 6) is 0.246. The van der Waals surface area contributed by atoms with Crippen LogP contribution in [0.4, 0.5) is 0 Å². The molecule has 2 unspecified atom stereocenters. The molecule has 4 nitrogen and oxygen atoms in total. The van der Waals surface area contributed by atoms with Crippen LogP contribution in [0, 0.1) is 5.92 Å². The largest absolute Gasteiger partial charge is 0.386 e. The number of rotatable bonds is 4. The maximum Gasteiger partial charge on any atom is 0.115 e. The van der Waals surface area contributed by atoms with Crippen LogP contribution < -0.4 is 0 Å². The van der Waals surface area contributed by atoms with Crippen molar-refractivity contribution in [3.05, 3.63) is 24.3 Å². The molecule has 0 radical (unpaired) electrons. The fourth-order valence-corrected chi connectivity index (χ4v) is 1.42. The molecular weight excluding hydrogens is 180 g/mol. The zero-order valence-corrected chi connectivity index (χ0v) is 8.71. The molecule has 1 aromatic heterocycles. The van der Waals surface area contributed by atoms with Gasteiger partial charge in [0.15, 0.2) is 0 Å². The van der Waals surface area contributed by atoms with Gasteiger partial charge in [0.2, 0.25) is 0 Å². The first-order valence-electron chi connectivity index (χ1n) is 4.62.